The zero-order chi connectivity index (χ0) is 22.3. The van der Waals surface area contributed by atoms with Gasteiger partial charge in [0.15, 0.2) is 0 Å². The molecule has 2 aliphatic rings. The highest BCUT2D eigenvalue weighted by Gasteiger charge is 2.30. The summed E-state index contributed by atoms with van der Waals surface area (Å²) in [7, 11) is -3.53. The number of benzene rings is 2. The highest BCUT2D eigenvalue weighted by atomic mass is 32.2. The van der Waals surface area contributed by atoms with Gasteiger partial charge in [-0.25, -0.2) is 8.42 Å². The van der Waals surface area contributed by atoms with Crippen molar-refractivity contribution >= 4 is 33.2 Å². The molecule has 0 saturated heterocycles. The molecule has 4 rings (SSSR count). The number of sulfonamides is 1. The summed E-state index contributed by atoms with van der Waals surface area (Å²) in [5, 5.41) is 0. The van der Waals surface area contributed by atoms with Gasteiger partial charge in [0.05, 0.1) is 4.90 Å². The van der Waals surface area contributed by atoms with Crippen LogP contribution in [0, 0.1) is 0 Å². The summed E-state index contributed by atoms with van der Waals surface area (Å²) in [5.41, 5.74) is 4.08. The first kappa shape index (κ1) is 21.5. The topological polar surface area (TPSA) is 78.0 Å². The summed E-state index contributed by atoms with van der Waals surface area (Å²) in [6.07, 6.45) is 1.35. The van der Waals surface area contributed by atoms with Crippen LogP contribution in [-0.4, -0.2) is 50.7 Å². The third kappa shape index (κ3) is 3.64. The molecule has 0 aromatic heterocycles. The molecule has 0 radical (unpaired) electrons. The van der Waals surface area contributed by atoms with E-state index in [1.165, 1.54) is 4.31 Å². The normalized spacial score (nSPS) is 15.4. The van der Waals surface area contributed by atoms with E-state index in [2.05, 4.69) is 0 Å². The monoisotopic (exact) mass is 441 g/mol. The van der Waals surface area contributed by atoms with E-state index in [9.17, 15) is 18.0 Å². The van der Waals surface area contributed by atoms with Crippen LogP contribution in [0.4, 0.5) is 11.4 Å². The minimum absolute atomic E-state index is 0.00163. The largest absolute Gasteiger partial charge is 0.312 e. The number of fused-ring (bicyclic) bond motifs is 2. The summed E-state index contributed by atoms with van der Waals surface area (Å²) < 4.78 is 27.1. The van der Waals surface area contributed by atoms with E-state index >= 15 is 0 Å². The quantitative estimate of drug-likeness (QED) is 0.715. The first-order chi connectivity index (χ1) is 14.8. The summed E-state index contributed by atoms with van der Waals surface area (Å²) in [6, 6.07) is 10.5. The Balaban J connectivity index is 1.61. The van der Waals surface area contributed by atoms with Crippen molar-refractivity contribution in [2.45, 2.75) is 38.5 Å². The highest BCUT2D eigenvalue weighted by Crippen LogP contribution is 2.34. The Morgan fingerprint density at radius 2 is 1.48 bits per heavy atom. The van der Waals surface area contributed by atoms with Gasteiger partial charge in [-0.2, -0.15) is 4.31 Å². The van der Waals surface area contributed by atoms with E-state index in [1.807, 2.05) is 26.0 Å². The average Bonchev–Trinajstić information content (AvgIpc) is 3.37. The summed E-state index contributed by atoms with van der Waals surface area (Å²) in [5.74, 6) is -0.107. The highest BCUT2D eigenvalue weighted by molar-refractivity contribution is 7.89. The van der Waals surface area contributed by atoms with Crippen LogP contribution >= 0.6 is 0 Å². The maximum absolute atomic E-state index is 13.2. The zero-order valence-electron chi connectivity index (χ0n) is 18.1. The van der Waals surface area contributed by atoms with E-state index in [0.717, 1.165) is 28.9 Å². The lowest BCUT2D eigenvalue weighted by molar-refractivity contribution is -0.116. The van der Waals surface area contributed by atoms with Crippen LogP contribution in [0.3, 0.4) is 0 Å². The van der Waals surface area contributed by atoms with Crippen LogP contribution in [-0.2, 0) is 27.7 Å². The maximum Gasteiger partial charge on any atom is 0.258 e. The van der Waals surface area contributed by atoms with Gasteiger partial charge in [0.1, 0.15) is 0 Å². The predicted octanol–water partition coefficient (Wildman–Crippen LogP) is 2.83. The number of nitrogens with zero attached hydrogens (tertiary/aromatic N) is 3. The van der Waals surface area contributed by atoms with Crippen molar-refractivity contribution in [3.8, 4) is 0 Å². The fraction of sp³-hybridized carbons (Fsp3) is 0.391. The fourth-order valence-electron chi connectivity index (χ4n) is 4.48. The van der Waals surface area contributed by atoms with Gasteiger partial charge in [-0.3, -0.25) is 9.59 Å². The molecule has 164 valence electrons. The smallest absolute Gasteiger partial charge is 0.258 e. The second kappa shape index (κ2) is 8.09. The molecular formula is C23H27N3O4S. The second-order valence-corrected chi connectivity index (χ2v) is 9.79. The number of rotatable bonds is 5. The third-order valence-corrected chi connectivity index (χ3v) is 8.18. The Morgan fingerprint density at radius 3 is 2.13 bits per heavy atom. The molecule has 2 aliphatic heterocycles. The van der Waals surface area contributed by atoms with Gasteiger partial charge in [-0.15, -0.1) is 0 Å². The molecule has 7 nitrogen and oxygen atoms in total. The molecule has 31 heavy (non-hydrogen) atoms. The summed E-state index contributed by atoms with van der Waals surface area (Å²) >= 11 is 0. The molecule has 8 heteroatoms. The Kier molecular flexibility index (Phi) is 5.61. The standard InChI is InChI=1S/C23H27N3O4S/c1-4-24(5-2)31(29,30)20-7-9-22-18(15-20)11-13-26(22)23(28)19-6-8-21-17(14-19)10-12-25(21)16(3)27/h6-9,14-15H,4-5,10-13H2,1-3H3. The SMILES string of the molecule is CCN(CC)S(=O)(=O)c1ccc2c(c1)CCN2C(=O)c1ccc2c(c1)CCN2C(C)=O. The summed E-state index contributed by atoms with van der Waals surface area (Å²) in [6.45, 7) is 7.17. The van der Waals surface area contributed by atoms with Crippen molar-refractivity contribution in [2.24, 2.45) is 0 Å². The molecule has 2 aromatic carbocycles. The molecule has 2 heterocycles. The number of carbonyl (C=O) groups excluding carboxylic acids is 2. The molecule has 0 N–H and O–H groups in total. The first-order valence-electron chi connectivity index (χ1n) is 10.6. The lowest BCUT2D eigenvalue weighted by Crippen LogP contribution is -2.31. The number of hydrogen-bond acceptors (Lipinski definition) is 4. The number of carbonyl (C=O) groups is 2. The number of hydrogen-bond donors (Lipinski definition) is 0. The zero-order valence-corrected chi connectivity index (χ0v) is 18.9. The predicted molar refractivity (Wildman–Crippen MR) is 120 cm³/mol. The fourth-order valence-corrected chi connectivity index (χ4v) is 5.99. The van der Waals surface area contributed by atoms with Crippen LogP contribution < -0.4 is 9.80 Å². The van der Waals surface area contributed by atoms with Crippen LogP contribution in [0.2, 0.25) is 0 Å². The van der Waals surface area contributed by atoms with E-state index in [1.54, 1.807) is 41.0 Å². The lowest BCUT2D eigenvalue weighted by Gasteiger charge is -2.20. The van der Waals surface area contributed by atoms with Crippen LogP contribution in [0.25, 0.3) is 0 Å². The Morgan fingerprint density at radius 1 is 0.903 bits per heavy atom. The van der Waals surface area contributed by atoms with Gasteiger partial charge in [0, 0.05) is 50.0 Å². The molecule has 2 aromatic rings. The summed E-state index contributed by atoms with van der Waals surface area (Å²) in [4.78, 5) is 28.7. The first-order valence-corrected chi connectivity index (χ1v) is 12.1. The van der Waals surface area contributed by atoms with Gasteiger partial charge in [-0.05, 0) is 60.4 Å². The molecule has 0 bridgehead atoms. The van der Waals surface area contributed by atoms with E-state index in [-0.39, 0.29) is 16.7 Å². The minimum Gasteiger partial charge on any atom is -0.312 e. The van der Waals surface area contributed by atoms with Gasteiger partial charge < -0.3 is 9.80 Å². The maximum atomic E-state index is 13.2. The van der Waals surface area contributed by atoms with E-state index < -0.39 is 10.0 Å². The van der Waals surface area contributed by atoms with Gasteiger partial charge in [0.2, 0.25) is 15.9 Å². The third-order valence-electron chi connectivity index (χ3n) is 6.14. The van der Waals surface area contributed by atoms with Crippen LogP contribution in [0.1, 0.15) is 42.3 Å². The minimum atomic E-state index is -3.53. The number of amides is 2. The van der Waals surface area contributed by atoms with Crippen LogP contribution in [0.15, 0.2) is 41.3 Å². The Bertz CT molecular complexity index is 1160. The van der Waals surface area contributed by atoms with Crippen molar-refractivity contribution in [1.29, 1.82) is 0 Å². The molecule has 2 amide bonds. The molecule has 0 fully saturated rings. The van der Waals surface area contributed by atoms with Crippen molar-refractivity contribution in [2.75, 3.05) is 36.0 Å². The van der Waals surface area contributed by atoms with Crippen LogP contribution in [0.5, 0.6) is 0 Å². The van der Waals surface area contributed by atoms with Crippen molar-refractivity contribution in [3.05, 3.63) is 53.1 Å². The van der Waals surface area contributed by atoms with Gasteiger partial charge in [0.25, 0.3) is 5.91 Å². The average molecular weight is 442 g/mol. The molecule has 0 spiro atoms. The molecule has 0 saturated carbocycles. The van der Waals surface area contributed by atoms with Gasteiger partial charge >= 0.3 is 0 Å². The second-order valence-electron chi connectivity index (χ2n) is 7.85. The molecule has 0 unspecified atom stereocenters. The molecule has 0 aliphatic carbocycles. The van der Waals surface area contributed by atoms with Crippen molar-refractivity contribution in [1.82, 2.24) is 4.31 Å². The lowest BCUT2D eigenvalue weighted by atomic mass is 10.1. The van der Waals surface area contributed by atoms with E-state index in [4.69, 9.17) is 0 Å². The van der Waals surface area contributed by atoms with Crippen molar-refractivity contribution in [3.63, 3.8) is 0 Å². The van der Waals surface area contributed by atoms with E-state index in [0.29, 0.717) is 38.2 Å². The van der Waals surface area contributed by atoms with Gasteiger partial charge in [-0.1, -0.05) is 13.8 Å². The molecular weight excluding hydrogens is 414 g/mol. The van der Waals surface area contributed by atoms with Crippen molar-refractivity contribution < 1.29 is 18.0 Å². The Hall–Kier alpha value is -2.71. The number of anilines is 2. The Labute approximate surface area is 183 Å². The molecule has 0 atom stereocenters.